The van der Waals surface area contributed by atoms with E-state index >= 15 is 0 Å². The van der Waals surface area contributed by atoms with Crippen molar-refractivity contribution in [2.24, 2.45) is 0 Å². The van der Waals surface area contributed by atoms with E-state index < -0.39 is 18.3 Å². The van der Waals surface area contributed by atoms with Crippen LogP contribution in [0, 0.1) is 0 Å². The number of rotatable bonds is 19. The van der Waals surface area contributed by atoms with Crippen molar-refractivity contribution in [2.45, 2.75) is 114 Å². The lowest BCUT2D eigenvalue weighted by molar-refractivity contribution is -0.146. The molecule has 0 heterocycles. The molecule has 0 aliphatic rings. The number of carbonyl (C=O) groups is 1. The fourth-order valence-corrected chi connectivity index (χ4v) is 3.93. The number of halogens is 1. The van der Waals surface area contributed by atoms with Crippen LogP contribution in [0.15, 0.2) is 0 Å². The van der Waals surface area contributed by atoms with Crippen LogP contribution in [0.1, 0.15) is 103 Å². The molecule has 0 saturated carbocycles. The zero-order valence-corrected chi connectivity index (χ0v) is 19.8. The molecule has 0 rings (SSSR count). The minimum absolute atomic E-state index is 0.170. The number of hydrogen-bond acceptors (Lipinski definition) is 4. The van der Waals surface area contributed by atoms with Crippen LogP contribution in [0.3, 0.4) is 0 Å². The lowest BCUT2D eigenvalue weighted by Gasteiger charge is -2.16. The van der Waals surface area contributed by atoms with Crippen LogP contribution in [-0.4, -0.2) is 38.1 Å². The average Bonchev–Trinajstić information content (AvgIpc) is 2.63. The summed E-state index contributed by atoms with van der Waals surface area (Å²) in [6.45, 7) is 2.00. The minimum atomic E-state index is -4.29. The first-order valence-corrected chi connectivity index (χ1v) is 13.4. The van der Waals surface area contributed by atoms with Gasteiger partial charge in [-0.05, 0) is 6.42 Å². The average molecular weight is 487 g/mol. The highest BCUT2D eigenvalue weighted by molar-refractivity contribution is 9.10. The number of aliphatic hydroxyl groups excluding tert-OH is 1. The number of esters is 1. The molecule has 168 valence electrons. The second kappa shape index (κ2) is 17.9. The molecule has 1 unspecified atom stereocenters. The van der Waals surface area contributed by atoms with Gasteiger partial charge in [-0.3, -0.25) is 9.36 Å². The van der Waals surface area contributed by atoms with Crippen LogP contribution in [0.4, 0.5) is 0 Å². The summed E-state index contributed by atoms with van der Waals surface area (Å²) in [5.41, 5.74) is 0. The van der Waals surface area contributed by atoms with E-state index in [4.69, 9.17) is 14.5 Å². The molecule has 0 fully saturated rings. The van der Waals surface area contributed by atoms with Crippen LogP contribution in [-0.2, 0) is 14.1 Å². The van der Waals surface area contributed by atoms with Gasteiger partial charge in [-0.25, -0.2) is 0 Å². The highest BCUT2D eigenvalue weighted by atomic mass is 79.9. The molecule has 0 aliphatic heterocycles. The van der Waals surface area contributed by atoms with Gasteiger partial charge in [-0.15, -0.1) is 0 Å². The van der Waals surface area contributed by atoms with Gasteiger partial charge in [0.15, 0.2) is 0 Å². The Hall–Kier alpha value is 0.0600. The Labute approximate surface area is 179 Å². The predicted molar refractivity (Wildman–Crippen MR) is 117 cm³/mol. The molecule has 6 nitrogen and oxygen atoms in total. The number of carbonyl (C=O) groups excluding carboxylic acids is 1. The van der Waals surface area contributed by atoms with E-state index in [1.54, 1.807) is 0 Å². The van der Waals surface area contributed by atoms with Gasteiger partial charge >= 0.3 is 13.6 Å². The van der Waals surface area contributed by atoms with E-state index in [0.717, 1.165) is 19.3 Å². The monoisotopic (exact) mass is 486 g/mol. The normalized spacial score (nSPS) is 14.0. The molecule has 0 aliphatic carbocycles. The predicted octanol–water partition coefficient (Wildman–Crippen LogP) is 5.66. The van der Waals surface area contributed by atoms with Crippen LogP contribution in [0.5, 0.6) is 0 Å². The van der Waals surface area contributed by atoms with Gasteiger partial charge < -0.3 is 19.6 Å². The summed E-state index contributed by atoms with van der Waals surface area (Å²) in [6.07, 6.45) is 15.2. The molecule has 28 heavy (non-hydrogen) atoms. The van der Waals surface area contributed by atoms with E-state index in [0.29, 0.717) is 6.42 Å². The maximum Gasteiger partial charge on any atom is 0.339 e. The summed E-state index contributed by atoms with van der Waals surface area (Å²) in [4.78, 5) is 29.5. The first-order chi connectivity index (χ1) is 13.3. The van der Waals surface area contributed by atoms with Crippen LogP contribution >= 0.6 is 23.5 Å². The van der Waals surface area contributed by atoms with E-state index in [1.807, 2.05) is 0 Å². The van der Waals surface area contributed by atoms with Crippen LogP contribution in [0.2, 0.25) is 0 Å². The molecule has 3 N–H and O–H groups in total. The van der Waals surface area contributed by atoms with E-state index in [-0.39, 0.29) is 19.0 Å². The molecule has 2 atom stereocenters. The van der Waals surface area contributed by atoms with Crippen molar-refractivity contribution >= 4 is 29.5 Å². The zero-order chi connectivity index (χ0) is 21.3. The standard InChI is InChI=1S/C20H40BrO6P/c1-2-3-4-5-6-7-8-9-10-11-12-13-14-15-20(23)27-17-18(22)16-19(21)28(24,25)26/h18-19,22H,2-17H2,1H3,(H2,24,25,26)/t18-,19?/m0/s1. The Bertz CT molecular complexity index is 429. The number of hydrogen-bond donors (Lipinski definition) is 3. The molecule has 0 aromatic rings. The lowest BCUT2D eigenvalue weighted by Crippen LogP contribution is -2.22. The van der Waals surface area contributed by atoms with Gasteiger partial charge in [0.05, 0.1) is 6.10 Å². The van der Waals surface area contributed by atoms with Gasteiger partial charge in [-0.1, -0.05) is 99.9 Å². The third-order valence-corrected chi connectivity index (χ3v) is 7.67. The molecule has 0 aromatic heterocycles. The Morgan fingerprint density at radius 1 is 0.893 bits per heavy atom. The number of aliphatic hydroxyl groups is 1. The van der Waals surface area contributed by atoms with Crippen molar-refractivity contribution < 1.29 is 29.0 Å². The van der Waals surface area contributed by atoms with Crippen LogP contribution < -0.4 is 0 Å². The fourth-order valence-electron chi connectivity index (χ4n) is 2.98. The van der Waals surface area contributed by atoms with Gasteiger partial charge in [0.2, 0.25) is 0 Å². The quantitative estimate of drug-likeness (QED) is 0.0940. The van der Waals surface area contributed by atoms with Crippen LogP contribution in [0.25, 0.3) is 0 Å². The summed E-state index contributed by atoms with van der Waals surface area (Å²) in [6, 6.07) is 0. The first kappa shape index (κ1) is 28.1. The summed E-state index contributed by atoms with van der Waals surface area (Å²) < 4.78 is 14.8. The molecule has 0 spiro atoms. The summed E-state index contributed by atoms with van der Waals surface area (Å²) >= 11 is 2.84. The van der Waals surface area contributed by atoms with Crippen molar-refractivity contribution in [1.29, 1.82) is 0 Å². The molecule has 0 saturated heterocycles. The van der Waals surface area contributed by atoms with Crippen molar-refractivity contribution in [1.82, 2.24) is 0 Å². The second-order valence-corrected chi connectivity index (χ2v) is 11.2. The molecule has 0 aromatic carbocycles. The minimum Gasteiger partial charge on any atom is -0.463 e. The third-order valence-electron chi connectivity index (χ3n) is 4.75. The topological polar surface area (TPSA) is 104 Å². The first-order valence-electron chi connectivity index (χ1n) is 10.8. The largest absolute Gasteiger partial charge is 0.463 e. The SMILES string of the molecule is CCCCCCCCCCCCCCCC(=O)OC[C@@H](O)CC(Br)P(=O)(O)O. The highest BCUT2D eigenvalue weighted by Gasteiger charge is 2.28. The molecular formula is C20H40BrO6P. The van der Waals surface area contributed by atoms with Gasteiger partial charge in [0, 0.05) is 12.8 Å². The van der Waals surface area contributed by atoms with Crippen molar-refractivity contribution in [2.75, 3.05) is 6.61 Å². The molecule has 8 heteroatoms. The number of alkyl halides is 1. The Morgan fingerprint density at radius 3 is 1.75 bits per heavy atom. The van der Waals surface area contributed by atoms with Gasteiger partial charge in [0.25, 0.3) is 0 Å². The maximum absolute atomic E-state index is 11.6. The summed E-state index contributed by atoms with van der Waals surface area (Å²) in [7, 11) is -4.29. The van der Waals surface area contributed by atoms with E-state index in [1.165, 1.54) is 64.2 Å². The highest BCUT2D eigenvalue weighted by Crippen LogP contribution is 2.46. The number of unbranched alkanes of at least 4 members (excludes halogenated alkanes) is 12. The van der Waals surface area contributed by atoms with Crippen molar-refractivity contribution in [3.63, 3.8) is 0 Å². The number of ether oxygens (including phenoxy) is 1. The molecule has 0 amide bonds. The van der Waals surface area contributed by atoms with E-state index in [2.05, 4.69) is 22.9 Å². The van der Waals surface area contributed by atoms with Crippen molar-refractivity contribution in [3.05, 3.63) is 0 Å². The Morgan fingerprint density at radius 2 is 1.32 bits per heavy atom. The fraction of sp³-hybridized carbons (Fsp3) is 0.950. The van der Waals surface area contributed by atoms with E-state index in [9.17, 15) is 14.5 Å². The van der Waals surface area contributed by atoms with Crippen molar-refractivity contribution in [3.8, 4) is 0 Å². The second-order valence-electron chi connectivity index (χ2n) is 7.59. The third kappa shape index (κ3) is 18.1. The smallest absolute Gasteiger partial charge is 0.339 e. The molecule has 0 radical (unpaired) electrons. The Balaban J connectivity index is 3.43. The lowest BCUT2D eigenvalue weighted by atomic mass is 10.0. The molecular weight excluding hydrogens is 447 g/mol. The van der Waals surface area contributed by atoms with Gasteiger partial charge in [-0.2, -0.15) is 0 Å². The van der Waals surface area contributed by atoms with Gasteiger partial charge in [0.1, 0.15) is 11.2 Å². The summed E-state index contributed by atoms with van der Waals surface area (Å²) in [5, 5.41) is 9.67. The zero-order valence-electron chi connectivity index (χ0n) is 17.4. The molecule has 0 bridgehead atoms. The maximum atomic E-state index is 11.6. The Kier molecular flexibility index (Phi) is 17.9. The summed E-state index contributed by atoms with van der Waals surface area (Å²) in [5.74, 6) is -0.371.